The van der Waals surface area contributed by atoms with Gasteiger partial charge < -0.3 is 20.3 Å². The second-order valence-electron chi connectivity index (χ2n) is 10.2. The molecule has 2 aliphatic heterocycles. The number of likely N-dealkylation sites (tertiary alicyclic amines) is 1. The van der Waals surface area contributed by atoms with Crippen LogP contribution in [0.3, 0.4) is 0 Å². The summed E-state index contributed by atoms with van der Waals surface area (Å²) in [5.74, 6) is 0.243. The number of anilines is 1. The van der Waals surface area contributed by atoms with Crippen molar-refractivity contribution in [1.82, 2.24) is 25.0 Å². The molecule has 1 saturated carbocycles. The zero-order chi connectivity index (χ0) is 25.1. The number of aryl methyl sites for hydroxylation is 1. The van der Waals surface area contributed by atoms with Gasteiger partial charge in [-0.1, -0.05) is 0 Å². The van der Waals surface area contributed by atoms with Gasteiger partial charge in [-0.2, -0.15) is 5.10 Å². The smallest absolute Gasteiger partial charge is 0.255 e. The van der Waals surface area contributed by atoms with E-state index in [4.69, 9.17) is 4.74 Å². The van der Waals surface area contributed by atoms with E-state index in [-0.39, 0.29) is 35.6 Å². The zero-order valence-electron chi connectivity index (χ0n) is 21.0. The van der Waals surface area contributed by atoms with E-state index < -0.39 is 0 Å². The summed E-state index contributed by atoms with van der Waals surface area (Å²) in [5, 5.41) is 12.1. The third-order valence-corrected chi connectivity index (χ3v) is 7.81. The molecule has 2 aromatic heterocycles. The second kappa shape index (κ2) is 10.9. The maximum absolute atomic E-state index is 13.4. The third-order valence-electron chi connectivity index (χ3n) is 7.81. The molecular weight excluding hydrogens is 460 g/mol. The molecule has 0 radical (unpaired) electrons. The van der Waals surface area contributed by atoms with E-state index in [9.17, 15) is 14.4 Å². The minimum Gasteiger partial charge on any atom is -0.381 e. The number of carbonyl (C=O) groups excluding carboxylic acids is 3. The SMILES string of the molecule is CCn1ncc2c(NC3CCOCC3)c(C(=O)NC3CCN(C(=O)C4CCC(=O)CC4)CC3)cnc21. The summed E-state index contributed by atoms with van der Waals surface area (Å²) in [7, 11) is 0. The molecule has 4 heterocycles. The van der Waals surface area contributed by atoms with Crippen molar-refractivity contribution in [3.05, 3.63) is 18.0 Å². The molecule has 2 aromatic rings. The summed E-state index contributed by atoms with van der Waals surface area (Å²) in [6.07, 6.45) is 9.00. The first-order chi connectivity index (χ1) is 17.5. The Morgan fingerprint density at radius 3 is 2.44 bits per heavy atom. The number of fused-ring (bicyclic) bond motifs is 1. The lowest BCUT2D eigenvalue weighted by atomic mass is 9.87. The molecule has 10 nitrogen and oxygen atoms in total. The molecule has 10 heteroatoms. The molecule has 3 aliphatic rings. The Morgan fingerprint density at radius 2 is 1.75 bits per heavy atom. The van der Waals surface area contributed by atoms with Crippen molar-refractivity contribution < 1.29 is 19.1 Å². The number of aromatic nitrogens is 3. The van der Waals surface area contributed by atoms with Gasteiger partial charge in [0.25, 0.3) is 5.91 Å². The Kier molecular flexibility index (Phi) is 7.50. The van der Waals surface area contributed by atoms with Crippen LogP contribution in [0.1, 0.15) is 68.6 Å². The molecule has 36 heavy (non-hydrogen) atoms. The number of ketones is 1. The van der Waals surface area contributed by atoms with Crippen LogP contribution in [0.2, 0.25) is 0 Å². The Bertz CT molecular complexity index is 1110. The van der Waals surface area contributed by atoms with Gasteiger partial charge in [0.1, 0.15) is 5.78 Å². The number of hydrogen-bond acceptors (Lipinski definition) is 7. The van der Waals surface area contributed by atoms with Gasteiger partial charge in [-0.05, 0) is 45.4 Å². The molecule has 2 saturated heterocycles. The molecule has 2 N–H and O–H groups in total. The van der Waals surface area contributed by atoms with Crippen LogP contribution in [0.5, 0.6) is 0 Å². The van der Waals surface area contributed by atoms with Crippen molar-refractivity contribution in [1.29, 1.82) is 0 Å². The van der Waals surface area contributed by atoms with E-state index in [1.807, 2.05) is 16.5 Å². The van der Waals surface area contributed by atoms with E-state index in [1.54, 1.807) is 12.4 Å². The summed E-state index contributed by atoms with van der Waals surface area (Å²) in [6.45, 7) is 5.38. The summed E-state index contributed by atoms with van der Waals surface area (Å²) in [4.78, 5) is 44.3. The fourth-order valence-electron chi connectivity index (χ4n) is 5.58. The largest absolute Gasteiger partial charge is 0.381 e. The van der Waals surface area contributed by atoms with Gasteiger partial charge in [0.05, 0.1) is 22.8 Å². The standard InChI is InChI=1S/C26H36N6O4/c1-2-32-24-21(16-28-32)23(29-19-9-13-36-14-10-19)22(15-27-24)25(34)30-18-7-11-31(12-8-18)26(35)17-3-5-20(33)6-4-17/h15-19H,2-14H2,1H3,(H,27,29)(H,30,34). The van der Waals surface area contributed by atoms with Crippen LogP contribution in [0.15, 0.2) is 12.4 Å². The summed E-state index contributed by atoms with van der Waals surface area (Å²) in [6, 6.07) is 0.227. The van der Waals surface area contributed by atoms with E-state index in [0.717, 1.165) is 42.4 Å². The Hall–Kier alpha value is -3.01. The molecule has 0 bridgehead atoms. The number of amides is 2. The van der Waals surface area contributed by atoms with E-state index in [1.165, 1.54) is 0 Å². The first-order valence-corrected chi connectivity index (χ1v) is 13.3. The molecule has 3 fully saturated rings. The summed E-state index contributed by atoms with van der Waals surface area (Å²) >= 11 is 0. The highest BCUT2D eigenvalue weighted by molar-refractivity contribution is 6.06. The number of Topliss-reactive ketones (excluding diaryl/α,β-unsaturated/α-hetero) is 1. The average molecular weight is 497 g/mol. The highest BCUT2D eigenvalue weighted by Gasteiger charge is 2.32. The third kappa shape index (κ3) is 5.23. The number of pyridine rings is 1. The lowest BCUT2D eigenvalue weighted by Crippen LogP contribution is -2.48. The lowest BCUT2D eigenvalue weighted by molar-refractivity contribution is -0.138. The van der Waals surface area contributed by atoms with Crippen molar-refractivity contribution in [2.75, 3.05) is 31.6 Å². The van der Waals surface area contributed by atoms with Gasteiger partial charge in [-0.15, -0.1) is 0 Å². The molecule has 0 aromatic carbocycles. The van der Waals surface area contributed by atoms with Crippen LogP contribution < -0.4 is 10.6 Å². The predicted octanol–water partition coefficient (Wildman–Crippen LogP) is 2.52. The molecule has 0 spiro atoms. The number of rotatable bonds is 6. The molecular formula is C26H36N6O4. The fraction of sp³-hybridized carbons (Fsp3) is 0.654. The molecule has 5 rings (SSSR count). The molecule has 2 amide bonds. The first-order valence-electron chi connectivity index (χ1n) is 13.3. The van der Waals surface area contributed by atoms with Gasteiger partial charge in [-0.3, -0.25) is 14.4 Å². The molecule has 0 unspecified atom stereocenters. The number of hydrogen-bond donors (Lipinski definition) is 2. The first kappa shape index (κ1) is 24.7. The number of ether oxygens (including phenoxy) is 1. The zero-order valence-corrected chi connectivity index (χ0v) is 21.0. The maximum atomic E-state index is 13.4. The molecule has 194 valence electrons. The monoisotopic (exact) mass is 496 g/mol. The number of piperidine rings is 1. The van der Waals surface area contributed by atoms with Crippen LogP contribution in [-0.2, 0) is 20.9 Å². The normalized spacial score (nSPS) is 20.6. The number of carbonyl (C=O) groups is 3. The van der Waals surface area contributed by atoms with E-state index in [0.29, 0.717) is 64.1 Å². The van der Waals surface area contributed by atoms with Crippen molar-refractivity contribution in [3.63, 3.8) is 0 Å². The highest BCUT2D eigenvalue weighted by Crippen LogP contribution is 2.29. The average Bonchev–Trinajstić information content (AvgIpc) is 3.34. The maximum Gasteiger partial charge on any atom is 0.255 e. The summed E-state index contributed by atoms with van der Waals surface area (Å²) < 4.78 is 7.34. The van der Waals surface area contributed by atoms with Crippen molar-refractivity contribution in [2.24, 2.45) is 5.92 Å². The van der Waals surface area contributed by atoms with Crippen LogP contribution >= 0.6 is 0 Å². The van der Waals surface area contributed by atoms with Gasteiger partial charge >= 0.3 is 0 Å². The number of nitrogens with zero attached hydrogens (tertiary/aromatic N) is 4. The molecule has 1 aliphatic carbocycles. The summed E-state index contributed by atoms with van der Waals surface area (Å²) in [5.41, 5.74) is 2.07. The Morgan fingerprint density at radius 1 is 1.03 bits per heavy atom. The Labute approximate surface area is 211 Å². The minimum absolute atomic E-state index is 0.000485. The van der Waals surface area contributed by atoms with Crippen LogP contribution in [0, 0.1) is 5.92 Å². The lowest BCUT2D eigenvalue weighted by Gasteiger charge is -2.35. The predicted molar refractivity (Wildman–Crippen MR) is 135 cm³/mol. The quantitative estimate of drug-likeness (QED) is 0.631. The second-order valence-corrected chi connectivity index (χ2v) is 10.2. The van der Waals surface area contributed by atoms with Crippen LogP contribution in [0.4, 0.5) is 5.69 Å². The van der Waals surface area contributed by atoms with Crippen LogP contribution in [0.25, 0.3) is 11.0 Å². The molecule has 0 atom stereocenters. The van der Waals surface area contributed by atoms with Crippen molar-refractivity contribution >= 4 is 34.3 Å². The van der Waals surface area contributed by atoms with E-state index >= 15 is 0 Å². The minimum atomic E-state index is -0.154. The highest BCUT2D eigenvalue weighted by atomic mass is 16.5. The van der Waals surface area contributed by atoms with Crippen molar-refractivity contribution in [3.8, 4) is 0 Å². The van der Waals surface area contributed by atoms with Crippen LogP contribution in [-0.4, -0.2) is 75.6 Å². The topological polar surface area (TPSA) is 118 Å². The Balaban J connectivity index is 1.25. The van der Waals surface area contributed by atoms with Crippen molar-refractivity contribution in [2.45, 2.75) is 76.9 Å². The van der Waals surface area contributed by atoms with Gasteiger partial charge in [-0.25, -0.2) is 9.67 Å². The van der Waals surface area contributed by atoms with E-state index in [2.05, 4.69) is 20.7 Å². The number of nitrogens with one attached hydrogen (secondary N) is 2. The van der Waals surface area contributed by atoms with Gasteiger partial charge in [0.2, 0.25) is 5.91 Å². The van der Waals surface area contributed by atoms with Gasteiger partial charge in [0, 0.05) is 69.9 Å². The van der Waals surface area contributed by atoms with Gasteiger partial charge in [0.15, 0.2) is 5.65 Å². The fourth-order valence-corrected chi connectivity index (χ4v) is 5.58.